The molecule has 0 spiro atoms. The van der Waals surface area contributed by atoms with Crippen molar-refractivity contribution in [2.24, 2.45) is 0 Å². The van der Waals surface area contributed by atoms with Crippen molar-refractivity contribution in [3.8, 4) is 0 Å². The first-order valence-corrected chi connectivity index (χ1v) is 9.66. The molecule has 2 aromatic carbocycles. The zero-order valence-electron chi connectivity index (χ0n) is 11.3. The lowest BCUT2D eigenvalue weighted by atomic mass is 10.1. The second-order valence-electron chi connectivity index (χ2n) is 4.75. The van der Waals surface area contributed by atoms with Crippen molar-refractivity contribution in [2.45, 2.75) is 10.4 Å². The highest BCUT2D eigenvalue weighted by molar-refractivity contribution is 8.31. The van der Waals surface area contributed by atoms with Crippen LogP contribution in [0.4, 0.5) is 13.2 Å². The quantitative estimate of drug-likeness (QED) is 0.480. The van der Waals surface area contributed by atoms with E-state index in [4.69, 9.17) is 0 Å². The maximum Gasteiger partial charge on any atom is 0.572 e. The van der Waals surface area contributed by atoms with Gasteiger partial charge < -0.3 is 0 Å². The summed E-state index contributed by atoms with van der Waals surface area (Å²) in [5.74, 6) is 0. The SMILES string of the molecule is CS(C)([OH+]S(=O)(=O)C(F)(F)F)c1cccc2ccccc12. The van der Waals surface area contributed by atoms with Gasteiger partial charge in [-0.25, -0.2) is 0 Å². The van der Waals surface area contributed by atoms with Gasteiger partial charge in [0, 0.05) is 28.2 Å². The number of halogens is 3. The molecule has 0 radical (unpaired) electrons. The van der Waals surface area contributed by atoms with Gasteiger partial charge in [0.1, 0.15) is 0 Å². The maximum atomic E-state index is 12.5. The van der Waals surface area contributed by atoms with Gasteiger partial charge in [0.25, 0.3) is 0 Å². The van der Waals surface area contributed by atoms with Gasteiger partial charge in [0.05, 0.1) is 4.90 Å². The number of hydrogen-bond acceptors (Lipinski definition) is 2. The van der Waals surface area contributed by atoms with E-state index in [2.05, 4.69) is 3.63 Å². The van der Waals surface area contributed by atoms with Crippen LogP contribution >= 0.6 is 10.3 Å². The van der Waals surface area contributed by atoms with Crippen molar-refractivity contribution in [3.63, 3.8) is 0 Å². The fourth-order valence-corrected chi connectivity index (χ4v) is 5.72. The van der Waals surface area contributed by atoms with E-state index in [1.807, 2.05) is 12.1 Å². The molecule has 0 bridgehead atoms. The number of fused-ring (bicyclic) bond motifs is 1. The predicted molar refractivity (Wildman–Crippen MR) is 79.3 cm³/mol. The van der Waals surface area contributed by atoms with Crippen molar-refractivity contribution in [1.29, 1.82) is 0 Å². The summed E-state index contributed by atoms with van der Waals surface area (Å²) < 4.78 is 63.4. The Kier molecular flexibility index (Phi) is 3.98. The van der Waals surface area contributed by atoms with Crippen LogP contribution in [0.1, 0.15) is 0 Å². The van der Waals surface area contributed by atoms with Gasteiger partial charge in [0.15, 0.2) is 0 Å². The minimum Gasteiger partial charge on any atom is -0.262 e. The average Bonchev–Trinajstić information content (AvgIpc) is 2.35. The molecule has 0 heterocycles. The van der Waals surface area contributed by atoms with Gasteiger partial charge in [-0.3, -0.25) is 3.63 Å². The number of rotatable bonds is 3. The highest BCUT2D eigenvalue weighted by Gasteiger charge is 2.55. The monoisotopic (exact) mass is 339 g/mol. The first-order valence-electron chi connectivity index (χ1n) is 5.81. The van der Waals surface area contributed by atoms with E-state index in [0.717, 1.165) is 5.39 Å². The average molecular weight is 339 g/mol. The second kappa shape index (κ2) is 5.19. The standard InChI is InChI=1S/C13H13F3O3S2/c1-20(2,19-21(17,18)13(14,15)16)12-9-5-7-10-6-3-4-8-11(10)12/h3-9H,1-2H3/p+1. The Morgan fingerprint density at radius 2 is 1.52 bits per heavy atom. The van der Waals surface area contributed by atoms with Crippen LogP contribution in [0.5, 0.6) is 0 Å². The fraction of sp³-hybridized carbons (Fsp3) is 0.231. The van der Waals surface area contributed by atoms with E-state index in [0.29, 0.717) is 10.3 Å². The van der Waals surface area contributed by atoms with E-state index in [1.165, 1.54) is 12.5 Å². The first-order chi connectivity index (χ1) is 9.55. The minimum atomic E-state index is -5.51. The molecule has 0 atom stereocenters. The maximum absolute atomic E-state index is 12.5. The van der Waals surface area contributed by atoms with Crippen molar-refractivity contribution in [3.05, 3.63) is 42.5 Å². The predicted octanol–water partition coefficient (Wildman–Crippen LogP) is 4.12. The molecule has 2 rings (SSSR count). The van der Waals surface area contributed by atoms with Crippen LogP contribution in [0.3, 0.4) is 0 Å². The molecule has 1 N–H and O–H groups in total. The fourth-order valence-electron chi connectivity index (χ4n) is 1.96. The minimum absolute atomic E-state index is 0.508. The Labute approximate surface area is 122 Å². The molecule has 0 aromatic heterocycles. The van der Waals surface area contributed by atoms with E-state index in [9.17, 15) is 21.6 Å². The van der Waals surface area contributed by atoms with Crippen LogP contribution in [-0.2, 0) is 10.1 Å². The van der Waals surface area contributed by atoms with Gasteiger partial charge in [-0.1, -0.05) is 36.4 Å². The van der Waals surface area contributed by atoms with Crippen LogP contribution in [-0.4, -0.2) is 30.1 Å². The van der Waals surface area contributed by atoms with E-state index in [1.54, 1.807) is 30.3 Å². The summed E-state index contributed by atoms with van der Waals surface area (Å²) >= 11 is 0. The second-order valence-corrected chi connectivity index (χ2v) is 9.74. The molecule has 0 fully saturated rings. The molecular formula is C13H14F3O3S2+. The van der Waals surface area contributed by atoms with Crippen molar-refractivity contribution in [2.75, 3.05) is 12.5 Å². The number of benzene rings is 2. The molecule has 0 saturated heterocycles. The van der Waals surface area contributed by atoms with E-state index >= 15 is 0 Å². The Bertz CT molecular complexity index is 762. The molecule has 0 amide bonds. The van der Waals surface area contributed by atoms with Gasteiger partial charge in [0.2, 0.25) is 0 Å². The summed E-state index contributed by atoms with van der Waals surface area (Å²) in [6.45, 7) is 0. The van der Waals surface area contributed by atoms with Gasteiger partial charge in [-0.15, -0.1) is 8.42 Å². The summed E-state index contributed by atoms with van der Waals surface area (Å²) in [5, 5.41) is 1.54. The first kappa shape index (κ1) is 16.1. The molecule has 0 aliphatic heterocycles. The highest BCUT2D eigenvalue weighted by Crippen LogP contribution is 2.53. The zero-order valence-corrected chi connectivity index (χ0v) is 12.9. The molecule has 2 aromatic rings. The molecule has 8 heteroatoms. The molecule has 0 aliphatic carbocycles. The summed E-state index contributed by atoms with van der Waals surface area (Å²) in [6.07, 6.45) is 2.86. The summed E-state index contributed by atoms with van der Waals surface area (Å²) in [7, 11) is -8.02. The Morgan fingerprint density at radius 3 is 2.14 bits per heavy atom. The van der Waals surface area contributed by atoms with Crippen LogP contribution in [0.15, 0.2) is 47.4 Å². The van der Waals surface area contributed by atoms with Crippen LogP contribution in [0.25, 0.3) is 10.8 Å². The Balaban J connectivity index is 2.53. The normalized spacial score (nSPS) is 14.3. The third-order valence-corrected chi connectivity index (χ3v) is 7.16. The van der Waals surface area contributed by atoms with Crippen molar-refractivity contribution in [1.82, 2.24) is 0 Å². The van der Waals surface area contributed by atoms with E-state index < -0.39 is 25.9 Å². The molecule has 3 nitrogen and oxygen atoms in total. The van der Waals surface area contributed by atoms with Crippen LogP contribution < -0.4 is 0 Å². The lowest BCUT2D eigenvalue weighted by Gasteiger charge is -2.27. The van der Waals surface area contributed by atoms with Crippen molar-refractivity contribution < 1.29 is 25.2 Å². The van der Waals surface area contributed by atoms with Crippen LogP contribution in [0.2, 0.25) is 0 Å². The van der Waals surface area contributed by atoms with Gasteiger partial charge in [-0.05, 0) is 11.5 Å². The smallest absolute Gasteiger partial charge is 0.262 e. The number of alkyl halides is 3. The third kappa shape index (κ3) is 3.17. The lowest BCUT2D eigenvalue weighted by Crippen LogP contribution is -2.29. The Morgan fingerprint density at radius 1 is 0.952 bits per heavy atom. The summed E-state index contributed by atoms with van der Waals surface area (Å²) in [4.78, 5) is 0.508. The lowest BCUT2D eigenvalue weighted by molar-refractivity contribution is -0.0539. The third-order valence-electron chi connectivity index (χ3n) is 2.86. The molecule has 0 saturated carbocycles. The van der Waals surface area contributed by atoms with Gasteiger partial charge in [-0.2, -0.15) is 13.2 Å². The molecule has 0 aliphatic rings. The highest BCUT2D eigenvalue weighted by atomic mass is 32.3. The topological polar surface area (TPSA) is 46.9 Å². The molecule has 116 valence electrons. The zero-order chi connectivity index (χ0) is 15.9. The molecular weight excluding hydrogens is 325 g/mol. The van der Waals surface area contributed by atoms with Gasteiger partial charge >= 0.3 is 15.6 Å². The van der Waals surface area contributed by atoms with Crippen molar-refractivity contribution >= 4 is 31.2 Å². The largest absolute Gasteiger partial charge is 0.572 e. The van der Waals surface area contributed by atoms with Crippen LogP contribution in [0, 0.1) is 0 Å². The van der Waals surface area contributed by atoms with E-state index in [-0.39, 0.29) is 0 Å². The number of hydrogen-bond donors (Lipinski definition) is 0. The molecule has 21 heavy (non-hydrogen) atoms. The summed E-state index contributed by atoms with van der Waals surface area (Å²) in [6, 6.07) is 12.2. The Hall–Kier alpha value is -1.25. The summed E-state index contributed by atoms with van der Waals surface area (Å²) in [5.41, 5.74) is -5.37. The molecule has 0 unspecified atom stereocenters.